The first kappa shape index (κ1) is 17.1. The Morgan fingerprint density at radius 2 is 1.31 bits per heavy atom. The molecule has 3 aromatic carbocycles. The topological polar surface area (TPSA) is 9.23 Å². The summed E-state index contributed by atoms with van der Waals surface area (Å²) in [4.78, 5) is 0. The fraction of sp³-hybridized carbons (Fsp3) is 0.0435. The van der Waals surface area contributed by atoms with Crippen molar-refractivity contribution in [2.45, 2.75) is 6.42 Å². The van der Waals surface area contributed by atoms with E-state index in [2.05, 4.69) is 66.8 Å². The average molecular weight is 378 g/mol. The first-order valence-electron chi connectivity index (χ1n) is 8.61. The molecule has 0 amide bonds. The maximum atomic E-state index is 6.86. The molecule has 3 heteroatoms. The summed E-state index contributed by atoms with van der Waals surface area (Å²) in [6, 6.07) is 28.8. The molecular formula is C23H19ClOP+. The SMILES string of the molecule is Clc1ccc(O[P+](C2=CC=CC2)(c2ccccc2)c2ccccc2)cc1. The lowest BCUT2D eigenvalue weighted by atomic mass is 10.3. The Labute approximate surface area is 160 Å². The zero-order chi connectivity index (χ0) is 17.8. The van der Waals surface area contributed by atoms with Crippen LogP contribution in [0.4, 0.5) is 0 Å². The summed E-state index contributed by atoms with van der Waals surface area (Å²) in [6.45, 7) is 0. The predicted molar refractivity (Wildman–Crippen MR) is 113 cm³/mol. The van der Waals surface area contributed by atoms with Gasteiger partial charge in [-0.05, 0) is 54.6 Å². The number of halogens is 1. The number of benzene rings is 3. The lowest BCUT2D eigenvalue weighted by Crippen LogP contribution is -2.27. The van der Waals surface area contributed by atoms with Gasteiger partial charge in [0.05, 0.1) is 0 Å². The molecule has 0 saturated carbocycles. The Kier molecular flexibility index (Phi) is 4.93. The van der Waals surface area contributed by atoms with Gasteiger partial charge in [0.15, 0.2) is 5.75 Å². The van der Waals surface area contributed by atoms with Gasteiger partial charge in [0, 0.05) is 11.4 Å². The first-order valence-corrected chi connectivity index (χ1v) is 10.7. The zero-order valence-corrected chi connectivity index (χ0v) is 15.9. The minimum Gasteiger partial charge on any atom is -0.335 e. The van der Waals surface area contributed by atoms with E-state index in [1.165, 1.54) is 15.9 Å². The molecule has 0 saturated heterocycles. The molecule has 1 aliphatic rings. The molecule has 3 aromatic rings. The van der Waals surface area contributed by atoms with Crippen molar-refractivity contribution < 1.29 is 4.52 Å². The highest BCUT2D eigenvalue weighted by Crippen LogP contribution is 2.65. The third-order valence-corrected chi connectivity index (χ3v) is 8.38. The molecule has 26 heavy (non-hydrogen) atoms. The van der Waals surface area contributed by atoms with Crippen molar-refractivity contribution in [1.82, 2.24) is 0 Å². The van der Waals surface area contributed by atoms with Crippen LogP contribution in [0.25, 0.3) is 0 Å². The summed E-state index contributed by atoms with van der Waals surface area (Å²) in [7, 11) is -2.23. The van der Waals surface area contributed by atoms with Gasteiger partial charge in [-0.25, -0.2) is 0 Å². The van der Waals surface area contributed by atoms with E-state index in [4.69, 9.17) is 16.1 Å². The molecule has 0 bridgehead atoms. The molecule has 0 aliphatic heterocycles. The van der Waals surface area contributed by atoms with E-state index in [0.29, 0.717) is 5.02 Å². The lowest BCUT2D eigenvalue weighted by molar-refractivity contribution is 0.616. The molecule has 0 atom stereocenters. The Morgan fingerprint density at radius 1 is 0.731 bits per heavy atom. The molecule has 0 aromatic heterocycles. The highest BCUT2D eigenvalue weighted by molar-refractivity contribution is 7.89. The summed E-state index contributed by atoms with van der Waals surface area (Å²) < 4.78 is 6.86. The van der Waals surface area contributed by atoms with E-state index in [-0.39, 0.29) is 0 Å². The average Bonchev–Trinajstić information content (AvgIpc) is 3.24. The molecule has 0 radical (unpaired) electrons. The second kappa shape index (κ2) is 7.50. The molecule has 4 rings (SSSR count). The summed E-state index contributed by atoms with van der Waals surface area (Å²) >= 11 is 6.08. The smallest absolute Gasteiger partial charge is 0.283 e. The maximum absolute atomic E-state index is 6.86. The third kappa shape index (κ3) is 3.21. The largest absolute Gasteiger partial charge is 0.335 e. The first-order chi connectivity index (χ1) is 12.8. The van der Waals surface area contributed by atoms with Gasteiger partial charge in [-0.1, -0.05) is 60.2 Å². The van der Waals surface area contributed by atoms with Crippen molar-refractivity contribution in [1.29, 1.82) is 0 Å². The maximum Gasteiger partial charge on any atom is 0.283 e. The molecule has 0 fully saturated rings. The van der Waals surface area contributed by atoms with Crippen LogP contribution >= 0.6 is 19.1 Å². The van der Waals surface area contributed by atoms with Crippen LogP contribution in [-0.4, -0.2) is 0 Å². The van der Waals surface area contributed by atoms with E-state index >= 15 is 0 Å². The minimum atomic E-state index is -2.23. The third-order valence-electron chi connectivity index (χ3n) is 4.45. The fourth-order valence-electron chi connectivity index (χ4n) is 3.24. The second-order valence-corrected chi connectivity index (χ2v) is 9.56. The van der Waals surface area contributed by atoms with E-state index in [1.54, 1.807) is 0 Å². The van der Waals surface area contributed by atoms with Gasteiger partial charge >= 0.3 is 0 Å². The second-order valence-electron chi connectivity index (χ2n) is 6.12. The molecular weight excluding hydrogens is 359 g/mol. The van der Waals surface area contributed by atoms with Crippen LogP contribution in [0, 0.1) is 0 Å². The number of hydrogen-bond acceptors (Lipinski definition) is 1. The monoisotopic (exact) mass is 377 g/mol. The highest BCUT2D eigenvalue weighted by atomic mass is 35.5. The van der Waals surface area contributed by atoms with Gasteiger partial charge < -0.3 is 4.52 Å². The molecule has 0 heterocycles. The van der Waals surface area contributed by atoms with Crippen molar-refractivity contribution in [3.05, 3.63) is 113 Å². The number of allylic oxidation sites excluding steroid dienone is 4. The van der Waals surface area contributed by atoms with Crippen LogP contribution in [0.5, 0.6) is 5.75 Å². The van der Waals surface area contributed by atoms with Crippen LogP contribution < -0.4 is 15.1 Å². The molecule has 0 spiro atoms. The Morgan fingerprint density at radius 3 is 1.81 bits per heavy atom. The quantitative estimate of drug-likeness (QED) is 0.485. The molecule has 0 unspecified atom stereocenters. The van der Waals surface area contributed by atoms with E-state index in [9.17, 15) is 0 Å². The zero-order valence-electron chi connectivity index (χ0n) is 14.3. The van der Waals surface area contributed by atoms with E-state index in [1.807, 2.05) is 36.4 Å². The summed E-state index contributed by atoms with van der Waals surface area (Å²) in [5, 5.41) is 4.47. The normalized spacial score (nSPS) is 13.5. The van der Waals surface area contributed by atoms with Crippen molar-refractivity contribution in [2.75, 3.05) is 0 Å². The number of rotatable bonds is 5. The van der Waals surface area contributed by atoms with E-state index in [0.717, 1.165) is 12.2 Å². The van der Waals surface area contributed by atoms with Crippen LogP contribution in [0.1, 0.15) is 6.42 Å². The van der Waals surface area contributed by atoms with Crippen LogP contribution in [0.15, 0.2) is 108 Å². The van der Waals surface area contributed by atoms with Crippen molar-refractivity contribution in [3.8, 4) is 5.75 Å². The Hall–Kier alpha value is -2.34. The summed E-state index contributed by atoms with van der Waals surface area (Å²) in [6.07, 6.45) is 7.44. The standard InChI is InChI=1S/C23H19ClOP/c24-19-15-17-20(18-16-19)25-26(23-13-7-8-14-23,21-9-3-1-4-10-21)22-11-5-2-6-12-22/h1-13,15-18H,14H2/q+1. The fourth-order valence-corrected chi connectivity index (χ4v) is 6.94. The summed E-state index contributed by atoms with van der Waals surface area (Å²) in [5.74, 6) is 0.836. The number of hydrogen-bond donors (Lipinski definition) is 0. The lowest BCUT2D eigenvalue weighted by Gasteiger charge is -2.27. The highest BCUT2D eigenvalue weighted by Gasteiger charge is 2.51. The molecule has 1 aliphatic carbocycles. The Balaban J connectivity index is 1.93. The van der Waals surface area contributed by atoms with Crippen molar-refractivity contribution in [2.24, 2.45) is 0 Å². The predicted octanol–water partition coefficient (Wildman–Crippen LogP) is 6.15. The van der Waals surface area contributed by atoms with Crippen LogP contribution in [-0.2, 0) is 0 Å². The van der Waals surface area contributed by atoms with Gasteiger partial charge in [-0.3, -0.25) is 0 Å². The van der Waals surface area contributed by atoms with Gasteiger partial charge in [-0.15, -0.1) is 0 Å². The van der Waals surface area contributed by atoms with Gasteiger partial charge in [-0.2, -0.15) is 0 Å². The van der Waals surface area contributed by atoms with E-state index < -0.39 is 7.49 Å². The van der Waals surface area contributed by atoms with Crippen molar-refractivity contribution >= 4 is 29.7 Å². The molecule has 0 N–H and O–H groups in total. The van der Waals surface area contributed by atoms with Crippen LogP contribution in [0.2, 0.25) is 5.02 Å². The minimum absolute atomic E-state index is 0.711. The van der Waals surface area contributed by atoms with Crippen molar-refractivity contribution in [3.63, 3.8) is 0 Å². The Bertz CT molecular complexity index is 891. The summed E-state index contributed by atoms with van der Waals surface area (Å²) in [5.41, 5.74) is 0. The van der Waals surface area contributed by atoms with Gasteiger partial charge in [0.1, 0.15) is 15.9 Å². The van der Waals surface area contributed by atoms with Gasteiger partial charge in [0.2, 0.25) is 0 Å². The molecule has 1 nitrogen and oxygen atoms in total. The molecule has 128 valence electrons. The van der Waals surface area contributed by atoms with Gasteiger partial charge in [0.25, 0.3) is 7.49 Å². The van der Waals surface area contributed by atoms with Crippen LogP contribution in [0.3, 0.4) is 0 Å².